The molecule has 2 rings (SSSR count). The highest BCUT2D eigenvalue weighted by Crippen LogP contribution is 2.21. The number of thioether (sulfide) groups is 1. The Morgan fingerprint density at radius 2 is 2.19 bits per heavy atom. The van der Waals surface area contributed by atoms with Gasteiger partial charge in [0.15, 0.2) is 0 Å². The third-order valence-corrected chi connectivity index (χ3v) is 4.19. The lowest BCUT2D eigenvalue weighted by Crippen LogP contribution is -2.47. The zero-order valence-electron chi connectivity index (χ0n) is 12.1. The number of aliphatic hydroxyl groups is 1. The van der Waals surface area contributed by atoms with Gasteiger partial charge in [-0.15, -0.1) is 11.8 Å². The Balaban J connectivity index is 2.12. The lowest BCUT2D eigenvalue weighted by Gasteiger charge is -2.32. The minimum atomic E-state index is -0.934. The highest BCUT2D eigenvalue weighted by atomic mass is 32.2. The Kier molecular flexibility index (Phi) is 5.02. The number of H-pyrrole nitrogens is 1. The predicted molar refractivity (Wildman–Crippen MR) is 78.7 cm³/mol. The van der Waals surface area contributed by atoms with Crippen molar-refractivity contribution in [3.8, 4) is 0 Å². The van der Waals surface area contributed by atoms with Gasteiger partial charge >= 0.3 is 5.69 Å². The summed E-state index contributed by atoms with van der Waals surface area (Å²) >= 11 is 1.24. The molecule has 0 aromatic carbocycles. The molecule has 3 N–H and O–H groups in total. The SMILES string of the molecule is CSc1nc(=O)[nH]c(C)c1C(=O)NCC1(O)CCOCC1. The first-order valence-corrected chi connectivity index (χ1v) is 7.91. The van der Waals surface area contributed by atoms with Crippen LogP contribution in [0.2, 0.25) is 0 Å². The van der Waals surface area contributed by atoms with Crippen molar-refractivity contribution in [1.82, 2.24) is 15.3 Å². The van der Waals surface area contributed by atoms with Gasteiger partial charge in [0, 0.05) is 38.3 Å². The Hall–Kier alpha value is -1.38. The number of ether oxygens (including phenoxy) is 1. The van der Waals surface area contributed by atoms with E-state index in [1.54, 1.807) is 13.2 Å². The maximum absolute atomic E-state index is 12.3. The average Bonchev–Trinajstić information content (AvgIpc) is 2.45. The number of nitrogens with zero attached hydrogens (tertiary/aromatic N) is 1. The van der Waals surface area contributed by atoms with E-state index in [2.05, 4.69) is 15.3 Å². The van der Waals surface area contributed by atoms with Crippen LogP contribution in [-0.2, 0) is 4.74 Å². The number of hydrogen-bond donors (Lipinski definition) is 3. The molecule has 1 fully saturated rings. The summed E-state index contributed by atoms with van der Waals surface area (Å²) in [6.45, 7) is 2.78. The van der Waals surface area contributed by atoms with E-state index < -0.39 is 11.3 Å². The number of aromatic amines is 1. The van der Waals surface area contributed by atoms with Gasteiger partial charge in [0.2, 0.25) is 0 Å². The number of carbonyl (C=O) groups is 1. The van der Waals surface area contributed by atoms with Crippen LogP contribution in [0.3, 0.4) is 0 Å². The molecule has 8 heteroatoms. The zero-order chi connectivity index (χ0) is 15.5. The smallest absolute Gasteiger partial charge is 0.346 e. The summed E-state index contributed by atoms with van der Waals surface area (Å²) in [6, 6.07) is 0. The first kappa shape index (κ1) is 16.0. The van der Waals surface area contributed by atoms with Crippen molar-refractivity contribution >= 4 is 17.7 Å². The molecule has 2 heterocycles. The van der Waals surface area contributed by atoms with Crippen LogP contribution in [0.1, 0.15) is 28.9 Å². The molecule has 1 aromatic rings. The van der Waals surface area contributed by atoms with Gasteiger partial charge in [0.05, 0.1) is 11.2 Å². The average molecular weight is 313 g/mol. The molecular formula is C13H19N3O4S. The second-order valence-electron chi connectivity index (χ2n) is 5.07. The molecule has 1 aromatic heterocycles. The molecule has 21 heavy (non-hydrogen) atoms. The summed E-state index contributed by atoms with van der Waals surface area (Å²) in [5.74, 6) is -0.347. The third-order valence-electron chi connectivity index (χ3n) is 3.51. The largest absolute Gasteiger partial charge is 0.388 e. The van der Waals surface area contributed by atoms with Crippen LogP contribution in [0, 0.1) is 6.92 Å². The normalized spacial score (nSPS) is 17.5. The van der Waals surface area contributed by atoms with Crippen LogP contribution in [0.25, 0.3) is 0 Å². The molecule has 1 aliphatic heterocycles. The molecule has 0 saturated carbocycles. The summed E-state index contributed by atoms with van der Waals surface area (Å²) in [6.07, 6.45) is 2.74. The Bertz CT molecular complexity index is 581. The molecular weight excluding hydrogens is 294 g/mol. The molecule has 0 bridgehead atoms. The van der Waals surface area contributed by atoms with Crippen LogP contribution >= 0.6 is 11.8 Å². The van der Waals surface area contributed by atoms with Gasteiger partial charge in [-0.1, -0.05) is 0 Å². The topological polar surface area (TPSA) is 104 Å². The van der Waals surface area contributed by atoms with Crippen molar-refractivity contribution in [3.63, 3.8) is 0 Å². The molecule has 0 aliphatic carbocycles. The fourth-order valence-electron chi connectivity index (χ4n) is 2.24. The Morgan fingerprint density at radius 3 is 2.81 bits per heavy atom. The van der Waals surface area contributed by atoms with E-state index in [4.69, 9.17) is 4.74 Å². The van der Waals surface area contributed by atoms with Gasteiger partial charge < -0.3 is 20.1 Å². The number of nitrogens with one attached hydrogen (secondary N) is 2. The number of aromatic nitrogens is 2. The Labute approximate surface area is 126 Å². The fraction of sp³-hybridized carbons (Fsp3) is 0.615. The number of rotatable bonds is 4. The van der Waals surface area contributed by atoms with Crippen molar-refractivity contribution < 1.29 is 14.6 Å². The van der Waals surface area contributed by atoms with Crippen LogP contribution in [0.4, 0.5) is 0 Å². The summed E-state index contributed by atoms with van der Waals surface area (Å²) < 4.78 is 5.20. The van der Waals surface area contributed by atoms with Crippen LogP contribution < -0.4 is 11.0 Å². The standard InChI is InChI=1S/C13H19N3O4S/c1-8-9(11(21-2)16-12(18)15-8)10(17)14-7-13(19)3-5-20-6-4-13/h19H,3-7H2,1-2H3,(H,14,17)(H,15,16,18). The van der Waals surface area contributed by atoms with Gasteiger partial charge in [-0.3, -0.25) is 4.79 Å². The fourth-order valence-corrected chi connectivity index (χ4v) is 2.86. The van der Waals surface area contributed by atoms with Crippen molar-refractivity contribution in [2.75, 3.05) is 26.0 Å². The molecule has 1 saturated heterocycles. The number of amides is 1. The summed E-state index contributed by atoms with van der Waals surface area (Å²) in [5.41, 5.74) is -0.596. The van der Waals surface area contributed by atoms with E-state index in [9.17, 15) is 14.7 Å². The molecule has 0 unspecified atom stereocenters. The van der Waals surface area contributed by atoms with Crippen LogP contribution in [0.5, 0.6) is 0 Å². The highest BCUT2D eigenvalue weighted by molar-refractivity contribution is 7.98. The molecule has 7 nitrogen and oxygen atoms in total. The van der Waals surface area contributed by atoms with Crippen molar-refractivity contribution in [2.24, 2.45) is 0 Å². The second kappa shape index (κ2) is 6.59. The lowest BCUT2D eigenvalue weighted by molar-refractivity contribution is -0.0605. The minimum absolute atomic E-state index is 0.154. The van der Waals surface area contributed by atoms with Crippen molar-refractivity contribution in [3.05, 3.63) is 21.7 Å². The van der Waals surface area contributed by atoms with E-state index in [-0.39, 0.29) is 12.5 Å². The lowest BCUT2D eigenvalue weighted by atomic mass is 9.94. The molecule has 0 atom stereocenters. The summed E-state index contributed by atoms with van der Waals surface area (Å²) in [4.78, 5) is 30.0. The van der Waals surface area contributed by atoms with Gasteiger partial charge in [0.1, 0.15) is 5.03 Å². The monoisotopic (exact) mass is 313 g/mol. The van der Waals surface area contributed by atoms with E-state index >= 15 is 0 Å². The predicted octanol–water partition coefficient (Wildman–Crippen LogP) is 0.0715. The zero-order valence-corrected chi connectivity index (χ0v) is 12.9. The molecule has 0 radical (unpaired) electrons. The van der Waals surface area contributed by atoms with Crippen molar-refractivity contribution in [1.29, 1.82) is 0 Å². The molecule has 1 amide bonds. The number of aryl methyl sites for hydroxylation is 1. The number of hydrogen-bond acceptors (Lipinski definition) is 6. The van der Waals surface area contributed by atoms with Crippen LogP contribution in [-0.4, -0.2) is 52.6 Å². The quantitative estimate of drug-likeness (QED) is 0.537. The van der Waals surface area contributed by atoms with E-state index in [1.165, 1.54) is 11.8 Å². The summed E-state index contributed by atoms with van der Waals surface area (Å²) in [7, 11) is 0. The van der Waals surface area contributed by atoms with Gasteiger partial charge in [-0.05, 0) is 13.2 Å². The third kappa shape index (κ3) is 3.84. The van der Waals surface area contributed by atoms with Crippen molar-refractivity contribution in [2.45, 2.75) is 30.4 Å². The first-order chi connectivity index (χ1) is 9.95. The minimum Gasteiger partial charge on any atom is -0.388 e. The molecule has 0 spiro atoms. The van der Waals surface area contributed by atoms with E-state index in [1.807, 2.05) is 0 Å². The highest BCUT2D eigenvalue weighted by Gasteiger charge is 2.30. The summed E-state index contributed by atoms with van der Waals surface area (Å²) in [5, 5.41) is 13.4. The number of carbonyl (C=O) groups excluding carboxylic acids is 1. The molecule has 116 valence electrons. The second-order valence-corrected chi connectivity index (χ2v) is 5.87. The van der Waals surface area contributed by atoms with E-state index in [0.717, 1.165) is 0 Å². The maximum Gasteiger partial charge on any atom is 0.346 e. The van der Waals surface area contributed by atoms with Gasteiger partial charge in [-0.25, -0.2) is 4.79 Å². The van der Waals surface area contributed by atoms with E-state index in [0.29, 0.717) is 42.3 Å². The first-order valence-electron chi connectivity index (χ1n) is 6.68. The van der Waals surface area contributed by atoms with Gasteiger partial charge in [-0.2, -0.15) is 4.98 Å². The maximum atomic E-state index is 12.3. The van der Waals surface area contributed by atoms with Gasteiger partial charge in [0.25, 0.3) is 5.91 Å². The Morgan fingerprint density at radius 1 is 1.52 bits per heavy atom. The van der Waals surface area contributed by atoms with Crippen LogP contribution in [0.15, 0.2) is 9.82 Å². The molecule has 1 aliphatic rings.